The van der Waals surface area contributed by atoms with E-state index in [1.165, 1.54) is 25.9 Å². The van der Waals surface area contributed by atoms with Crippen molar-refractivity contribution in [2.45, 2.75) is 45.1 Å². The molecule has 4 nitrogen and oxygen atoms in total. The Morgan fingerprint density at radius 3 is 2.50 bits per heavy atom. The Bertz CT molecular complexity index is 489. The summed E-state index contributed by atoms with van der Waals surface area (Å²) in [6.07, 6.45) is 2.63. The van der Waals surface area contributed by atoms with Crippen molar-refractivity contribution < 1.29 is 0 Å². The first kappa shape index (κ1) is 14.3. The van der Waals surface area contributed by atoms with Crippen molar-refractivity contribution in [1.82, 2.24) is 14.9 Å². The zero-order chi connectivity index (χ0) is 14.3. The van der Waals surface area contributed by atoms with E-state index in [4.69, 9.17) is 4.98 Å². The summed E-state index contributed by atoms with van der Waals surface area (Å²) in [7, 11) is 0. The molecule has 1 N–H and O–H groups in total. The highest BCUT2D eigenvalue weighted by molar-refractivity contribution is 9.10. The Balaban J connectivity index is 1.79. The van der Waals surface area contributed by atoms with E-state index in [0.29, 0.717) is 6.04 Å². The Morgan fingerprint density at radius 2 is 1.95 bits per heavy atom. The molecule has 3 aliphatic rings. The average Bonchev–Trinajstić information content (AvgIpc) is 2.38. The van der Waals surface area contributed by atoms with Gasteiger partial charge in [0.1, 0.15) is 16.2 Å². The maximum Gasteiger partial charge on any atom is 0.137 e. The fraction of sp³-hybridized carbons (Fsp3) is 0.733. The highest BCUT2D eigenvalue weighted by Crippen LogP contribution is 2.30. The van der Waals surface area contributed by atoms with Gasteiger partial charge in [-0.3, -0.25) is 0 Å². The molecule has 1 aromatic heterocycles. The van der Waals surface area contributed by atoms with Crippen molar-refractivity contribution in [3.8, 4) is 0 Å². The zero-order valence-corrected chi connectivity index (χ0v) is 14.1. The second-order valence-corrected chi connectivity index (χ2v) is 7.85. The molecule has 0 spiro atoms. The Hall–Kier alpha value is -0.680. The molecule has 3 aliphatic heterocycles. The van der Waals surface area contributed by atoms with Gasteiger partial charge < -0.3 is 10.2 Å². The van der Waals surface area contributed by atoms with Gasteiger partial charge in [-0.2, -0.15) is 0 Å². The first-order valence-corrected chi connectivity index (χ1v) is 8.25. The van der Waals surface area contributed by atoms with Crippen molar-refractivity contribution in [2.75, 3.05) is 25.0 Å². The molecule has 4 heterocycles. The van der Waals surface area contributed by atoms with Crippen LogP contribution in [0.25, 0.3) is 0 Å². The largest absolute Gasteiger partial charge is 0.366 e. The minimum absolute atomic E-state index is 0.0325. The maximum atomic E-state index is 4.71. The number of nitrogens with zero attached hydrogens (tertiary/aromatic N) is 3. The number of piperidine rings is 3. The summed E-state index contributed by atoms with van der Waals surface area (Å²) in [6.45, 7) is 10.1. The van der Waals surface area contributed by atoms with E-state index in [0.717, 1.165) is 28.7 Å². The highest BCUT2D eigenvalue weighted by Gasteiger charge is 2.34. The van der Waals surface area contributed by atoms with E-state index in [-0.39, 0.29) is 5.41 Å². The minimum atomic E-state index is -0.0325. The molecule has 1 unspecified atom stereocenters. The molecule has 0 aromatic carbocycles. The minimum Gasteiger partial charge on any atom is -0.366 e. The predicted molar refractivity (Wildman–Crippen MR) is 85.0 cm³/mol. The first-order chi connectivity index (χ1) is 9.41. The van der Waals surface area contributed by atoms with Gasteiger partial charge in [0.2, 0.25) is 0 Å². The van der Waals surface area contributed by atoms with E-state index >= 15 is 0 Å². The normalized spacial score (nSPS) is 29.5. The van der Waals surface area contributed by atoms with Crippen LogP contribution in [0.5, 0.6) is 0 Å². The SMILES string of the molecule is CC(C)(C)c1nc(Br)cc(NC2CN3CCC2CC3)n1. The van der Waals surface area contributed by atoms with Crippen molar-refractivity contribution in [3.63, 3.8) is 0 Å². The van der Waals surface area contributed by atoms with Crippen LogP contribution in [0, 0.1) is 5.92 Å². The summed E-state index contributed by atoms with van der Waals surface area (Å²) < 4.78 is 0.862. The van der Waals surface area contributed by atoms with Gasteiger partial charge in [-0.15, -0.1) is 0 Å². The first-order valence-electron chi connectivity index (χ1n) is 7.46. The van der Waals surface area contributed by atoms with E-state index < -0.39 is 0 Å². The van der Waals surface area contributed by atoms with Gasteiger partial charge in [0.25, 0.3) is 0 Å². The van der Waals surface area contributed by atoms with Crippen LogP contribution in [0.3, 0.4) is 0 Å². The van der Waals surface area contributed by atoms with Crippen molar-refractivity contribution in [2.24, 2.45) is 5.92 Å². The summed E-state index contributed by atoms with van der Waals surface area (Å²) in [4.78, 5) is 11.8. The van der Waals surface area contributed by atoms with E-state index in [1.807, 2.05) is 6.07 Å². The standard InChI is InChI=1S/C15H23BrN4/c1-15(2,3)14-18-12(16)8-13(19-14)17-11-9-20-6-4-10(11)5-7-20/h8,10-11H,4-7,9H2,1-3H3,(H,17,18,19). The Labute approximate surface area is 129 Å². The van der Waals surface area contributed by atoms with Crippen molar-refractivity contribution in [1.29, 1.82) is 0 Å². The third-order valence-corrected chi connectivity index (χ3v) is 4.76. The number of nitrogens with one attached hydrogen (secondary N) is 1. The molecule has 0 saturated carbocycles. The molecule has 0 amide bonds. The second kappa shape index (κ2) is 5.26. The van der Waals surface area contributed by atoms with E-state index in [1.54, 1.807) is 0 Å². The van der Waals surface area contributed by atoms with Crippen LogP contribution in [0.1, 0.15) is 39.4 Å². The summed E-state index contributed by atoms with van der Waals surface area (Å²) >= 11 is 3.51. The molecule has 20 heavy (non-hydrogen) atoms. The summed E-state index contributed by atoms with van der Waals surface area (Å²) in [5.74, 6) is 2.64. The lowest BCUT2D eigenvalue weighted by Crippen LogP contribution is -2.53. The van der Waals surface area contributed by atoms with Crippen LogP contribution >= 0.6 is 15.9 Å². The van der Waals surface area contributed by atoms with Gasteiger partial charge in [-0.25, -0.2) is 9.97 Å². The molecule has 1 aromatic rings. The third-order valence-electron chi connectivity index (χ3n) is 4.36. The van der Waals surface area contributed by atoms with Gasteiger partial charge in [-0.05, 0) is 47.8 Å². The summed E-state index contributed by atoms with van der Waals surface area (Å²) in [6, 6.07) is 2.53. The summed E-state index contributed by atoms with van der Waals surface area (Å²) in [5, 5.41) is 3.64. The van der Waals surface area contributed by atoms with Gasteiger partial charge in [0, 0.05) is 24.1 Å². The topological polar surface area (TPSA) is 41.1 Å². The Kier molecular flexibility index (Phi) is 3.75. The molecule has 4 rings (SSSR count). The quantitative estimate of drug-likeness (QED) is 0.841. The van der Waals surface area contributed by atoms with Gasteiger partial charge in [-0.1, -0.05) is 20.8 Å². The fourth-order valence-corrected chi connectivity index (χ4v) is 3.53. The highest BCUT2D eigenvalue weighted by atomic mass is 79.9. The Morgan fingerprint density at radius 1 is 1.25 bits per heavy atom. The number of anilines is 1. The number of hydrogen-bond acceptors (Lipinski definition) is 4. The van der Waals surface area contributed by atoms with Crippen LogP contribution in [-0.2, 0) is 5.41 Å². The molecule has 0 radical (unpaired) electrons. The second-order valence-electron chi connectivity index (χ2n) is 7.04. The van der Waals surface area contributed by atoms with E-state index in [2.05, 4.69) is 51.9 Å². The van der Waals surface area contributed by atoms with Gasteiger partial charge in [0.05, 0.1) is 0 Å². The van der Waals surface area contributed by atoms with Crippen molar-refractivity contribution in [3.05, 3.63) is 16.5 Å². The van der Waals surface area contributed by atoms with Crippen LogP contribution < -0.4 is 5.32 Å². The molecule has 1 atom stereocenters. The van der Waals surface area contributed by atoms with Gasteiger partial charge >= 0.3 is 0 Å². The molecule has 110 valence electrons. The van der Waals surface area contributed by atoms with Crippen LogP contribution in [-0.4, -0.2) is 40.5 Å². The number of hydrogen-bond donors (Lipinski definition) is 1. The monoisotopic (exact) mass is 338 g/mol. The smallest absolute Gasteiger partial charge is 0.137 e. The molecule has 5 heteroatoms. The molecule has 2 bridgehead atoms. The molecular weight excluding hydrogens is 316 g/mol. The van der Waals surface area contributed by atoms with Gasteiger partial charge in [0.15, 0.2) is 0 Å². The number of aromatic nitrogens is 2. The number of rotatable bonds is 2. The lowest BCUT2D eigenvalue weighted by Gasteiger charge is -2.45. The van der Waals surface area contributed by atoms with Crippen molar-refractivity contribution >= 4 is 21.7 Å². The lowest BCUT2D eigenvalue weighted by atomic mass is 9.84. The van der Waals surface area contributed by atoms with E-state index in [9.17, 15) is 0 Å². The fourth-order valence-electron chi connectivity index (χ4n) is 3.15. The molecule has 3 saturated heterocycles. The number of fused-ring (bicyclic) bond motifs is 3. The predicted octanol–water partition coefficient (Wildman–Crippen LogP) is 3.04. The van der Waals surface area contributed by atoms with Crippen LogP contribution in [0.15, 0.2) is 10.7 Å². The maximum absolute atomic E-state index is 4.71. The van der Waals surface area contributed by atoms with Crippen LogP contribution in [0.2, 0.25) is 0 Å². The van der Waals surface area contributed by atoms with Crippen LogP contribution in [0.4, 0.5) is 5.82 Å². The zero-order valence-electron chi connectivity index (χ0n) is 12.5. The molecule has 3 fully saturated rings. The molecular formula is C15H23BrN4. The number of halogens is 1. The lowest BCUT2D eigenvalue weighted by molar-refractivity contribution is 0.0973. The average molecular weight is 339 g/mol. The third kappa shape index (κ3) is 2.98. The molecule has 0 aliphatic carbocycles. The summed E-state index contributed by atoms with van der Waals surface area (Å²) in [5.41, 5.74) is -0.0325.